The number of carbonyl (C=O) groups excluding carboxylic acids is 2. The van der Waals surface area contributed by atoms with Gasteiger partial charge in [-0.25, -0.2) is 4.99 Å². The number of rotatable bonds is 5. The fourth-order valence-corrected chi connectivity index (χ4v) is 3.17. The lowest BCUT2D eigenvalue weighted by atomic mass is 10.1. The Morgan fingerprint density at radius 1 is 1.19 bits per heavy atom. The highest BCUT2D eigenvalue weighted by molar-refractivity contribution is 6.05. The number of aliphatic imine (C=N–C) groups is 1. The van der Waals surface area contributed by atoms with Crippen LogP contribution in [0.3, 0.4) is 0 Å². The number of likely N-dealkylation sites (N-methyl/N-ethyl adjacent to an activating group) is 1. The molecular formula is C20H20N4O3. The Labute approximate surface area is 157 Å². The van der Waals surface area contributed by atoms with Gasteiger partial charge in [0.2, 0.25) is 11.9 Å². The Hall–Kier alpha value is -3.35. The van der Waals surface area contributed by atoms with Gasteiger partial charge in [0.25, 0.3) is 5.91 Å². The summed E-state index contributed by atoms with van der Waals surface area (Å²) in [5.41, 5.74) is 2.71. The highest BCUT2D eigenvalue weighted by Gasteiger charge is 2.30. The second kappa shape index (κ2) is 7.11. The van der Waals surface area contributed by atoms with Crippen molar-refractivity contribution in [2.24, 2.45) is 4.99 Å². The van der Waals surface area contributed by atoms with E-state index in [2.05, 4.69) is 10.3 Å². The fourth-order valence-electron chi connectivity index (χ4n) is 3.17. The molecule has 2 amide bonds. The van der Waals surface area contributed by atoms with Crippen molar-refractivity contribution in [3.05, 3.63) is 59.7 Å². The molecule has 2 aromatic carbocycles. The number of ether oxygens (including phenoxy) is 1. The fraction of sp³-hybridized carbons (Fsp3) is 0.250. The predicted molar refractivity (Wildman–Crippen MR) is 101 cm³/mol. The van der Waals surface area contributed by atoms with E-state index >= 15 is 0 Å². The first-order chi connectivity index (χ1) is 13.1. The van der Waals surface area contributed by atoms with Crippen molar-refractivity contribution in [1.82, 2.24) is 15.1 Å². The molecule has 7 heteroatoms. The van der Waals surface area contributed by atoms with E-state index in [-0.39, 0.29) is 25.0 Å². The normalized spacial score (nSPS) is 14.8. The number of guanidine groups is 1. The SMILES string of the molecule is CN(Cc1ccccc1)C(=O)COc1cccc2c1CN1CC(=O)NC1=N2. The molecule has 2 aromatic rings. The van der Waals surface area contributed by atoms with E-state index in [0.29, 0.717) is 24.8 Å². The van der Waals surface area contributed by atoms with Crippen LogP contribution in [0.4, 0.5) is 5.69 Å². The summed E-state index contributed by atoms with van der Waals surface area (Å²) in [5, 5.41) is 2.74. The van der Waals surface area contributed by atoms with Gasteiger partial charge < -0.3 is 14.5 Å². The molecule has 0 unspecified atom stereocenters. The van der Waals surface area contributed by atoms with Crippen molar-refractivity contribution in [3.8, 4) is 5.75 Å². The third-order valence-electron chi connectivity index (χ3n) is 4.61. The number of nitrogens with zero attached hydrogens (tertiary/aromatic N) is 3. The van der Waals surface area contributed by atoms with Gasteiger partial charge in [0, 0.05) is 19.2 Å². The zero-order valence-corrected chi connectivity index (χ0v) is 15.0. The van der Waals surface area contributed by atoms with Crippen LogP contribution in [-0.4, -0.2) is 47.8 Å². The number of hydrogen-bond donors (Lipinski definition) is 1. The number of carbonyl (C=O) groups is 2. The van der Waals surface area contributed by atoms with Gasteiger partial charge in [0.05, 0.1) is 12.2 Å². The lowest BCUT2D eigenvalue weighted by Crippen LogP contribution is -2.33. The Balaban J connectivity index is 1.42. The summed E-state index contributed by atoms with van der Waals surface area (Å²) < 4.78 is 5.81. The predicted octanol–water partition coefficient (Wildman–Crippen LogP) is 1.66. The molecule has 2 aliphatic heterocycles. The van der Waals surface area contributed by atoms with E-state index in [1.807, 2.05) is 53.4 Å². The van der Waals surface area contributed by atoms with E-state index in [1.165, 1.54) is 0 Å². The highest BCUT2D eigenvalue weighted by Crippen LogP contribution is 2.34. The van der Waals surface area contributed by atoms with Crippen LogP contribution in [0.5, 0.6) is 5.75 Å². The molecule has 0 saturated carbocycles. The third kappa shape index (κ3) is 3.62. The molecule has 0 radical (unpaired) electrons. The molecule has 0 aliphatic carbocycles. The molecule has 2 heterocycles. The summed E-state index contributed by atoms with van der Waals surface area (Å²) in [6.45, 7) is 1.29. The van der Waals surface area contributed by atoms with Gasteiger partial charge in [-0.05, 0) is 17.7 Å². The number of fused-ring (bicyclic) bond motifs is 2. The number of hydrogen-bond acceptors (Lipinski definition) is 5. The maximum absolute atomic E-state index is 12.4. The van der Waals surface area contributed by atoms with Gasteiger partial charge in [0.15, 0.2) is 6.61 Å². The molecule has 0 aromatic heterocycles. The maximum atomic E-state index is 12.4. The zero-order chi connectivity index (χ0) is 18.8. The third-order valence-corrected chi connectivity index (χ3v) is 4.61. The molecule has 0 bridgehead atoms. The van der Waals surface area contributed by atoms with Gasteiger partial charge in [-0.15, -0.1) is 0 Å². The molecule has 0 atom stereocenters. The van der Waals surface area contributed by atoms with Crippen molar-refractivity contribution < 1.29 is 14.3 Å². The second-order valence-corrected chi connectivity index (χ2v) is 6.62. The van der Waals surface area contributed by atoms with Gasteiger partial charge in [-0.2, -0.15) is 0 Å². The summed E-state index contributed by atoms with van der Waals surface area (Å²) in [6, 6.07) is 15.4. The van der Waals surface area contributed by atoms with E-state index in [9.17, 15) is 9.59 Å². The first-order valence-electron chi connectivity index (χ1n) is 8.76. The highest BCUT2D eigenvalue weighted by atomic mass is 16.5. The molecule has 1 saturated heterocycles. The van der Waals surface area contributed by atoms with Crippen LogP contribution in [-0.2, 0) is 22.7 Å². The first-order valence-corrected chi connectivity index (χ1v) is 8.76. The summed E-state index contributed by atoms with van der Waals surface area (Å²) in [5.74, 6) is 1.02. The lowest BCUT2D eigenvalue weighted by molar-refractivity contribution is -0.132. The molecule has 1 N–H and O–H groups in total. The van der Waals surface area contributed by atoms with Crippen molar-refractivity contribution in [2.75, 3.05) is 20.2 Å². The van der Waals surface area contributed by atoms with E-state index in [4.69, 9.17) is 4.74 Å². The van der Waals surface area contributed by atoms with Crippen molar-refractivity contribution in [2.45, 2.75) is 13.1 Å². The maximum Gasteiger partial charge on any atom is 0.260 e. The molecule has 27 heavy (non-hydrogen) atoms. The summed E-state index contributed by atoms with van der Waals surface area (Å²) in [4.78, 5) is 32.0. The van der Waals surface area contributed by atoms with Crippen LogP contribution in [0.2, 0.25) is 0 Å². The molecule has 2 aliphatic rings. The Bertz CT molecular complexity index is 911. The van der Waals surface area contributed by atoms with E-state index in [1.54, 1.807) is 11.9 Å². The minimum absolute atomic E-state index is 0.0481. The Morgan fingerprint density at radius 3 is 2.81 bits per heavy atom. The molecule has 138 valence electrons. The van der Waals surface area contributed by atoms with Gasteiger partial charge >= 0.3 is 0 Å². The van der Waals surface area contributed by atoms with Gasteiger partial charge in [-0.3, -0.25) is 14.9 Å². The number of amides is 2. The average molecular weight is 364 g/mol. The van der Waals surface area contributed by atoms with Crippen LogP contribution in [0, 0.1) is 0 Å². The number of nitrogens with one attached hydrogen (secondary N) is 1. The smallest absolute Gasteiger partial charge is 0.260 e. The number of benzene rings is 2. The molecule has 7 nitrogen and oxygen atoms in total. The lowest BCUT2D eigenvalue weighted by Gasteiger charge is -2.25. The van der Waals surface area contributed by atoms with Crippen molar-refractivity contribution in [3.63, 3.8) is 0 Å². The van der Waals surface area contributed by atoms with E-state index in [0.717, 1.165) is 16.8 Å². The topological polar surface area (TPSA) is 74.2 Å². The van der Waals surface area contributed by atoms with Crippen LogP contribution in [0.25, 0.3) is 0 Å². The minimum atomic E-state index is -0.102. The Morgan fingerprint density at radius 2 is 2.00 bits per heavy atom. The molecule has 0 spiro atoms. The molecular weight excluding hydrogens is 344 g/mol. The zero-order valence-electron chi connectivity index (χ0n) is 15.0. The quantitative estimate of drug-likeness (QED) is 0.876. The summed E-state index contributed by atoms with van der Waals surface area (Å²) in [7, 11) is 1.76. The van der Waals surface area contributed by atoms with Gasteiger partial charge in [-0.1, -0.05) is 36.4 Å². The van der Waals surface area contributed by atoms with Crippen LogP contribution < -0.4 is 10.1 Å². The Kier molecular flexibility index (Phi) is 4.50. The second-order valence-electron chi connectivity index (χ2n) is 6.62. The largest absolute Gasteiger partial charge is 0.483 e. The summed E-state index contributed by atoms with van der Waals surface area (Å²) in [6.07, 6.45) is 0. The molecule has 1 fully saturated rings. The standard InChI is InChI=1S/C20H20N4O3/c1-23(10-14-6-3-2-4-7-14)19(26)13-27-17-9-5-8-16-15(17)11-24-12-18(25)22-20(24)21-16/h2-9H,10-13H2,1H3,(H,21,22,25). The van der Waals surface area contributed by atoms with Crippen molar-refractivity contribution >= 4 is 23.5 Å². The summed E-state index contributed by atoms with van der Waals surface area (Å²) >= 11 is 0. The van der Waals surface area contributed by atoms with Gasteiger partial charge in [0.1, 0.15) is 12.3 Å². The first kappa shape index (κ1) is 17.1. The minimum Gasteiger partial charge on any atom is -0.483 e. The van der Waals surface area contributed by atoms with E-state index < -0.39 is 0 Å². The monoisotopic (exact) mass is 364 g/mol. The van der Waals surface area contributed by atoms with Crippen LogP contribution in [0.1, 0.15) is 11.1 Å². The molecule has 4 rings (SSSR count). The average Bonchev–Trinajstić information content (AvgIpc) is 3.03. The van der Waals surface area contributed by atoms with Crippen molar-refractivity contribution in [1.29, 1.82) is 0 Å². The van der Waals surface area contributed by atoms with Crippen LogP contribution >= 0.6 is 0 Å². The van der Waals surface area contributed by atoms with Crippen LogP contribution in [0.15, 0.2) is 53.5 Å².